The molecule has 2 aromatic carbocycles. The summed E-state index contributed by atoms with van der Waals surface area (Å²) >= 11 is 0. The van der Waals surface area contributed by atoms with Crippen LogP contribution >= 0.6 is 0 Å². The molecule has 52 heavy (non-hydrogen) atoms. The van der Waals surface area contributed by atoms with Gasteiger partial charge in [0.2, 0.25) is 11.5 Å². The molecule has 3 N–H and O–H groups in total. The fraction of sp³-hybridized carbons (Fsp3) is 0.537. The fourth-order valence-electron chi connectivity index (χ4n) is 5.85. The summed E-state index contributed by atoms with van der Waals surface area (Å²) in [6.07, 6.45) is 8.79. The lowest BCUT2D eigenvalue weighted by atomic mass is 9.85. The van der Waals surface area contributed by atoms with E-state index in [4.69, 9.17) is 33.2 Å². The van der Waals surface area contributed by atoms with Crippen LogP contribution in [0.5, 0.6) is 28.7 Å². The highest BCUT2D eigenvalue weighted by atomic mass is 16.6. The van der Waals surface area contributed by atoms with E-state index in [-0.39, 0.29) is 34.9 Å². The van der Waals surface area contributed by atoms with Gasteiger partial charge in [-0.3, -0.25) is 4.79 Å². The molecular formula is C41H60O11. The highest BCUT2D eigenvalue weighted by Crippen LogP contribution is 2.46. The zero-order valence-electron chi connectivity index (χ0n) is 32.6. The Bertz CT molecular complexity index is 1480. The van der Waals surface area contributed by atoms with E-state index < -0.39 is 30.0 Å². The second-order valence-electron chi connectivity index (χ2n) is 12.7. The number of hydrogen-bond donors (Lipinski definition) is 3. The van der Waals surface area contributed by atoms with E-state index in [9.17, 15) is 20.1 Å². The van der Waals surface area contributed by atoms with Crippen molar-refractivity contribution in [3.8, 4) is 28.7 Å². The predicted molar refractivity (Wildman–Crippen MR) is 201 cm³/mol. The van der Waals surface area contributed by atoms with Crippen LogP contribution < -0.4 is 18.9 Å². The van der Waals surface area contributed by atoms with Crippen LogP contribution in [0.3, 0.4) is 0 Å². The molecule has 2 rings (SSSR count). The number of ketones is 1. The quantitative estimate of drug-likeness (QED) is 0.0423. The zero-order valence-corrected chi connectivity index (χ0v) is 32.6. The number of carbonyl (C=O) groups excluding carboxylic acids is 1. The van der Waals surface area contributed by atoms with Crippen LogP contribution in [-0.2, 0) is 19.0 Å². The monoisotopic (exact) mass is 728 g/mol. The molecule has 0 fully saturated rings. The first-order chi connectivity index (χ1) is 24.9. The predicted octanol–water partition coefficient (Wildman–Crippen LogP) is 7.75. The van der Waals surface area contributed by atoms with E-state index >= 15 is 0 Å². The van der Waals surface area contributed by atoms with Crippen molar-refractivity contribution in [3.63, 3.8) is 0 Å². The first kappa shape index (κ1) is 43.8. The molecule has 2 aromatic rings. The van der Waals surface area contributed by atoms with Gasteiger partial charge in [-0.1, -0.05) is 58.1 Å². The Balaban J connectivity index is 2.84. The number of carbonyl (C=O) groups is 1. The molecule has 4 unspecified atom stereocenters. The minimum atomic E-state index is -1.57. The van der Waals surface area contributed by atoms with Crippen molar-refractivity contribution in [2.75, 3.05) is 42.2 Å². The number of rotatable bonds is 24. The molecule has 0 spiro atoms. The average Bonchev–Trinajstić information content (AvgIpc) is 3.14. The molecule has 0 amide bonds. The normalized spacial score (nSPS) is 15.2. The molecule has 0 aliphatic carbocycles. The number of aliphatic hydroxyl groups is 2. The van der Waals surface area contributed by atoms with Gasteiger partial charge in [-0.2, -0.15) is 0 Å². The number of allylic oxidation sites excluding steroid dienone is 2. The fourth-order valence-corrected chi connectivity index (χ4v) is 5.85. The number of benzene rings is 2. The third-order valence-electron chi connectivity index (χ3n) is 8.87. The summed E-state index contributed by atoms with van der Waals surface area (Å²) in [5.41, 5.74) is -0.642. The topological polar surface area (TPSA) is 142 Å². The summed E-state index contributed by atoms with van der Waals surface area (Å²) in [5, 5.41) is 33.4. The summed E-state index contributed by atoms with van der Waals surface area (Å²) < 4.78 is 41.4. The SMILES string of the molecule is C\C=C(OC)/C(OC(CO)C(c1cc(OC)c(OC(C)CCCC)c(OC)c1)c1cccc(OC)c1O)=C(\C=C\C(=O)C(C)(O)CCCCC)OC. The van der Waals surface area contributed by atoms with Crippen molar-refractivity contribution >= 4 is 5.78 Å². The molecule has 0 aromatic heterocycles. The summed E-state index contributed by atoms with van der Waals surface area (Å²) in [5.74, 6) is 0.285. The van der Waals surface area contributed by atoms with Crippen molar-refractivity contribution in [1.29, 1.82) is 0 Å². The van der Waals surface area contributed by atoms with Gasteiger partial charge < -0.3 is 48.5 Å². The highest BCUT2D eigenvalue weighted by Gasteiger charge is 2.34. The second-order valence-corrected chi connectivity index (χ2v) is 12.7. The van der Waals surface area contributed by atoms with Crippen molar-refractivity contribution in [2.45, 2.75) is 103 Å². The van der Waals surface area contributed by atoms with Crippen LogP contribution in [-0.4, -0.2) is 81.1 Å². The Hall–Kier alpha value is -4.35. The summed E-state index contributed by atoms with van der Waals surface area (Å²) in [6, 6.07) is 8.56. The Kier molecular flexibility index (Phi) is 18.4. The zero-order chi connectivity index (χ0) is 38.8. The molecule has 11 heteroatoms. The lowest BCUT2D eigenvalue weighted by Crippen LogP contribution is -2.33. The summed E-state index contributed by atoms with van der Waals surface area (Å²) in [7, 11) is 7.36. The van der Waals surface area contributed by atoms with Gasteiger partial charge in [0.1, 0.15) is 11.7 Å². The van der Waals surface area contributed by atoms with Crippen molar-refractivity contribution in [2.24, 2.45) is 0 Å². The maximum atomic E-state index is 13.1. The van der Waals surface area contributed by atoms with E-state index in [1.165, 1.54) is 54.6 Å². The standard InChI is InChI=1S/C41H60O11/c1-11-14-16-23-41(5,45)36(43)22-21-32(48-8)39(30(13-3)46-6)52-35(26-42)37(29-19-17-20-31(47-7)38(29)44)28-24-33(49-9)40(34(25-28)50-10)51-27(4)18-15-12-2/h13,17,19-22,24-25,27,35,37,42,44-45H,11-12,14-16,18,23,26H2,1-10H3/b22-21+,30-13+,39-32-. The van der Waals surface area contributed by atoms with Crippen molar-refractivity contribution < 1.29 is 53.3 Å². The summed E-state index contributed by atoms with van der Waals surface area (Å²) in [6.45, 7) is 8.84. The van der Waals surface area contributed by atoms with Gasteiger partial charge in [-0.25, -0.2) is 0 Å². The van der Waals surface area contributed by atoms with Crippen LogP contribution in [0.1, 0.15) is 96.6 Å². The number of ether oxygens (including phenoxy) is 7. The molecule has 0 heterocycles. The minimum Gasteiger partial charge on any atom is -0.504 e. The number of aliphatic hydroxyl groups excluding tert-OH is 1. The molecule has 0 saturated carbocycles. The molecule has 0 aliphatic heterocycles. The Morgan fingerprint density at radius 3 is 2.06 bits per heavy atom. The molecular weight excluding hydrogens is 668 g/mol. The van der Waals surface area contributed by atoms with Crippen LogP contribution in [0.15, 0.2) is 65.8 Å². The second kappa shape index (κ2) is 21.9. The van der Waals surface area contributed by atoms with Gasteiger partial charge in [-0.15, -0.1) is 0 Å². The molecule has 0 saturated heterocycles. The van der Waals surface area contributed by atoms with Gasteiger partial charge in [0.05, 0.1) is 54.2 Å². The van der Waals surface area contributed by atoms with Gasteiger partial charge >= 0.3 is 0 Å². The molecule has 0 aliphatic rings. The van der Waals surface area contributed by atoms with Gasteiger partial charge in [-0.05, 0) is 75.6 Å². The van der Waals surface area contributed by atoms with Crippen LogP contribution in [0, 0.1) is 0 Å². The van der Waals surface area contributed by atoms with Crippen molar-refractivity contribution in [1.82, 2.24) is 0 Å². The largest absolute Gasteiger partial charge is 0.504 e. The number of phenolic OH excluding ortho intramolecular Hbond substituents is 1. The van der Waals surface area contributed by atoms with E-state index in [1.54, 1.807) is 43.3 Å². The van der Waals surface area contributed by atoms with Crippen LogP contribution in [0.4, 0.5) is 0 Å². The number of unbranched alkanes of at least 4 members (excludes halogenated alkanes) is 3. The Labute approximate surface area is 309 Å². The van der Waals surface area contributed by atoms with Gasteiger partial charge in [0.15, 0.2) is 40.3 Å². The maximum absolute atomic E-state index is 13.1. The lowest BCUT2D eigenvalue weighted by Gasteiger charge is -2.31. The third-order valence-corrected chi connectivity index (χ3v) is 8.87. The Morgan fingerprint density at radius 1 is 0.904 bits per heavy atom. The van der Waals surface area contributed by atoms with Crippen LogP contribution in [0.25, 0.3) is 0 Å². The molecule has 11 nitrogen and oxygen atoms in total. The van der Waals surface area contributed by atoms with E-state index in [1.807, 2.05) is 6.92 Å². The Morgan fingerprint density at radius 2 is 1.54 bits per heavy atom. The lowest BCUT2D eigenvalue weighted by molar-refractivity contribution is -0.131. The molecule has 290 valence electrons. The first-order valence-electron chi connectivity index (χ1n) is 17.9. The number of hydrogen-bond acceptors (Lipinski definition) is 11. The van der Waals surface area contributed by atoms with Crippen LogP contribution in [0.2, 0.25) is 0 Å². The van der Waals surface area contributed by atoms with Crippen molar-refractivity contribution in [3.05, 3.63) is 77.0 Å². The minimum absolute atomic E-state index is 0.0669. The number of methoxy groups -OCH3 is 5. The maximum Gasteiger partial charge on any atom is 0.203 e. The molecule has 0 bridgehead atoms. The average molecular weight is 729 g/mol. The third kappa shape index (κ3) is 11.6. The van der Waals surface area contributed by atoms with E-state index in [2.05, 4.69) is 13.8 Å². The summed E-state index contributed by atoms with van der Waals surface area (Å²) in [4.78, 5) is 13.1. The smallest absolute Gasteiger partial charge is 0.203 e. The number of para-hydroxylation sites is 1. The number of phenols is 1. The first-order valence-corrected chi connectivity index (χ1v) is 17.9. The highest BCUT2D eigenvalue weighted by molar-refractivity contribution is 5.96. The number of aromatic hydroxyl groups is 1. The molecule has 0 radical (unpaired) electrons. The van der Waals surface area contributed by atoms with Gasteiger partial charge in [0.25, 0.3) is 0 Å². The van der Waals surface area contributed by atoms with E-state index in [0.717, 1.165) is 32.1 Å². The molecule has 4 atom stereocenters. The van der Waals surface area contributed by atoms with E-state index in [0.29, 0.717) is 41.2 Å². The van der Waals surface area contributed by atoms with Gasteiger partial charge in [0, 0.05) is 5.56 Å².